The fraction of sp³-hybridized carbons (Fsp3) is 0.412. The van der Waals surface area contributed by atoms with Gasteiger partial charge in [-0.3, -0.25) is 4.79 Å². The fourth-order valence-corrected chi connectivity index (χ4v) is 3.02. The SMILES string of the molecule is CC(C)(Cl)c1ccc(C(=O)C2CCc3nc[nH]c3C2)cc1. The van der Waals surface area contributed by atoms with Crippen LogP contribution in [-0.4, -0.2) is 15.8 Å². The first-order chi connectivity index (χ1) is 9.95. The third-order valence-corrected chi connectivity index (χ3v) is 4.43. The minimum atomic E-state index is -0.406. The summed E-state index contributed by atoms with van der Waals surface area (Å²) in [5.74, 6) is 0.266. The van der Waals surface area contributed by atoms with Gasteiger partial charge in [-0.25, -0.2) is 4.98 Å². The van der Waals surface area contributed by atoms with Crippen LogP contribution in [0.3, 0.4) is 0 Å². The number of halogens is 1. The van der Waals surface area contributed by atoms with E-state index in [0.29, 0.717) is 0 Å². The molecule has 110 valence electrons. The Morgan fingerprint density at radius 3 is 2.71 bits per heavy atom. The van der Waals surface area contributed by atoms with E-state index in [1.54, 1.807) is 6.33 Å². The van der Waals surface area contributed by atoms with Gasteiger partial charge in [-0.1, -0.05) is 24.3 Å². The number of nitrogens with zero attached hydrogens (tertiary/aromatic N) is 1. The molecule has 0 saturated heterocycles. The summed E-state index contributed by atoms with van der Waals surface area (Å²) in [7, 11) is 0. The molecule has 0 saturated carbocycles. The lowest BCUT2D eigenvalue weighted by Gasteiger charge is -2.21. The molecule has 1 aliphatic rings. The van der Waals surface area contributed by atoms with Crippen LogP contribution in [-0.2, 0) is 17.7 Å². The van der Waals surface area contributed by atoms with E-state index >= 15 is 0 Å². The number of nitrogens with one attached hydrogen (secondary N) is 1. The number of rotatable bonds is 3. The van der Waals surface area contributed by atoms with Crippen molar-refractivity contribution in [1.82, 2.24) is 9.97 Å². The smallest absolute Gasteiger partial charge is 0.166 e. The number of aromatic nitrogens is 2. The Morgan fingerprint density at radius 1 is 1.33 bits per heavy atom. The van der Waals surface area contributed by atoms with Gasteiger partial charge >= 0.3 is 0 Å². The highest BCUT2D eigenvalue weighted by Gasteiger charge is 2.27. The van der Waals surface area contributed by atoms with E-state index in [2.05, 4.69) is 9.97 Å². The van der Waals surface area contributed by atoms with Crippen molar-refractivity contribution in [2.45, 2.75) is 38.0 Å². The highest BCUT2D eigenvalue weighted by Crippen LogP contribution is 2.29. The first-order valence-corrected chi connectivity index (χ1v) is 7.68. The molecule has 3 rings (SSSR count). The minimum Gasteiger partial charge on any atom is -0.348 e. The van der Waals surface area contributed by atoms with Gasteiger partial charge in [0, 0.05) is 17.2 Å². The lowest BCUT2D eigenvalue weighted by Crippen LogP contribution is -2.23. The van der Waals surface area contributed by atoms with Crippen molar-refractivity contribution in [2.75, 3.05) is 0 Å². The molecular formula is C17H19ClN2O. The van der Waals surface area contributed by atoms with E-state index in [-0.39, 0.29) is 11.7 Å². The maximum atomic E-state index is 12.6. The summed E-state index contributed by atoms with van der Waals surface area (Å²) in [6, 6.07) is 7.68. The minimum absolute atomic E-state index is 0.0489. The van der Waals surface area contributed by atoms with Gasteiger partial charge in [-0.05, 0) is 38.7 Å². The number of carbonyl (C=O) groups is 1. The highest BCUT2D eigenvalue weighted by atomic mass is 35.5. The standard InChI is InChI=1S/C17H19ClN2O/c1-17(2,18)13-6-3-11(4-7-13)16(21)12-5-8-14-15(9-12)20-10-19-14/h3-4,6-7,10,12H,5,8-9H2,1-2H3,(H,19,20). The first-order valence-electron chi connectivity index (χ1n) is 7.30. The van der Waals surface area contributed by atoms with Crippen LogP contribution in [0.25, 0.3) is 0 Å². The van der Waals surface area contributed by atoms with Gasteiger partial charge < -0.3 is 4.98 Å². The molecule has 0 amide bonds. The van der Waals surface area contributed by atoms with Crippen molar-refractivity contribution < 1.29 is 4.79 Å². The van der Waals surface area contributed by atoms with Crippen LogP contribution < -0.4 is 0 Å². The Labute approximate surface area is 129 Å². The topological polar surface area (TPSA) is 45.8 Å². The number of H-pyrrole nitrogens is 1. The van der Waals surface area contributed by atoms with Crippen molar-refractivity contribution in [3.63, 3.8) is 0 Å². The fourth-order valence-electron chi connectivity index (χ4n) is 2.89. The number of hydrogen-bond acceptors (Lipinski definition) is 2. The molecular weight excluding hydrogens is 284 g/mol. The molecule has 3 nitrogen and oxygen atoms in total. The lowest BCUT2D eigenvalue weighted by atomic mass is 9.84. The number of carbonyl (C=O) groups excluding carboxylic acids is 1. The highest BCUT2D eigenvalue weighted by molar-refractivity contribution is 6.23. The molecule has 0 spiro atoms. The van der Waals surface area contributed by atoms with Gasteiger partial charge in [0.15, 0.2) is 5.78 Å². The second kappa shape index (κ2) is 5.30. The van der Waals surface area contributed by atoms with Crippen molar-refractivity contribution in [1.29, 1.82) is 0 Å². The number of alkyl halides is 1. The number of imidazole rings is 1. The summed E-state index contributed by atoms with van der Waals surface area (Å²) in [6.45, 7) is 3.90. The van der Waals surface area contributed by atoms with Gasteiger partial charge in [0.1, 0.15) is 0 Å². The zero-order chi connectivity index (χ0) is 15.0. The Bertz CT molecular complexity index is 652. The van der Waals surface area contributed by atoms with E-state index in [1.807, 2.05) is 38.1 Å². The Morgan fingerprint density at radius 2 is 2.05 bits per heavy atom. The van der Waals surface area contributed by atoms with Crippen LogP contribution in [0, 0.1) is 5.92 Å². The number of ketones is 1. The summed E-state index contributed by atoms with van der Waals surface area (Å²) < 4.78 is 0. The average Bonchev–Trinajstić information content (AvgIpc) is 2.93. The monoisotopic (exact) mass is 302 g/mol. The molecule has 0 aliphatic heterocycles. The second-order valence-corrected chi connectivity index (χ2v) is 7.13. The van der Waals surface area contributed by atoms with Gasteiger partial charge in [-0.2, -0.15) is 0 Å². The van der Waals surface area contributed by atoms with E-state index in [4.69, 9.17) is 11.6 Å². The molecule has 1 aromatic carbocycles. The maximum absolute atomic E-state index is 12.6. The second-order valence-electron chi connectivity index (χ2n) is 6.18. The van der Waals surface area contributed by atoms with Gasteiger partial charge in [-0.15, -0.1) is 11.6 Å². The third-order valence-electron chi connectivity index (χ3n) is 4.21. The van der Waals surface area contributed by atoms with Gasteiger partial charge in [0.05, 0.1) is 16.9 Å². The Hall–Kier alpha value is -1.61. The van der Waals surface area contributed by atoms with Gasteiger partial charge in [0.25, 0.3) is 0 Å². The summed E-state index contributed by atoms with van der Waals surface area (Å²) in [4.78, 5) is 19.6. The first kappa shape index (κ1) is 14.3. The Kier molecular flexibility index (Phi) is 3.62. The third kappa shape index (κ3) is 2.88. The largest absolute Gasteiger partial charge is 0.348 e. The van der Waals surface area contributed by atoms with Crippen molar-refractivity contribution in [2.24, 2.45) is 5.92 Å². The lowest BCUT2D eigenvalue weighted by molar-refractivity contribution is 0.0907. The van der Waals surface area contributed by atoms with Gasteiger partial charge in [0.2, 0.25) is 0 Å². The van der Waals surface area contributed by atoms with E-state index in [9.17, 15) is 4.79 Å². The van der Waals surface area contributed by atoms with E-state index < -0.39 is 4.87 Å². The van der Waals surface area contributed by atoms with Crippen LogP contribution in [0.15, 0.2) is 30.6 Å². The van der Waals surface area contributed by atoms with Crippen molar-refractivity contribution in [3.05, 3.63) is 53.1 Å². The molecule has 0 radical (unpaired) electrons. The normalized spacial score (nSPS) is 18.3. The molecule has 2 aromatic rings. The Balaban J connectivity index is 1.77. The average molecular weight is 303 g/mol. The predicted octanol–water partition coefficient (Wildman–Crippen LogP) is 3.87. The molecule has 1 aliphatic carbocycles. The van der Waals surface area contributed by atoms with Crippen LogP contribution in [0.2, 0.25) is 0 Å². The molecule has 0 bridgehead atoms. The number of hydrogen-bond donors (Lipinski definition) is 1. The molecule has 4 heteroatoms. The number of fused-ring (bicyclic) bond motifs is 1. The summed E-state index contributed by atoms with van der Waals surface area (Å²) in [5.41, 5.74) is 4.02. The maximum Gasteiger partial charge on any atom is 0.166 e. The predicted molar refractivity (Wildman–Crippen MR) is 83.8 cm³/mol. The van der Waals surface area contributed by atoms with E-state index in [1.165, 1.54) is 0 Å². The molecule has 1 atom stereocenters. The van der Waals surface area contributed by atoms with Crippen LogP contribution in [0.5, 0.6) is 0 Å². The number of aromatic amines is 1. The van der Waals surface area contributed by atoms with Crippen LogP contribution in [0.1, 0.15) is 47.6 Å². The van der Waals surface area contributed by atoms with Crippen molar-refractivity contribution >= 4 is 17.4 Å². The molecule has 0 fully saturated rings. The summed E-state index contributed by atoms with van der Waals surface area (Å²) >= 11 is 6.29. The molecule has 1 unspecified atom stereocenters. The molecule has 1 aromatic heterocycles. The number of aryl methyl sites for hydroxylation is 1. The molecule has 1 N–H and O–H groups in total. The quantitative estimate of drug-likeness (QED) is 0.691. The van der Waals surface area contributed by atoms with Crippen LogP contribution >= 0.6 is 11.6 Å². The molecule has 1 heterocycles. The molecule has 21 heavy (non-hydrogen) atoms. The zero-order valence-corrected chi connectivity index (χ0v) is 13.1. The summed E-state index contributed by atoms with van der Waals surface area (Å²) in [6.07, 6.45) is 4.23. The zero-order valence-electron chi connectivity index (χ0n) is 12.3. The number of Topliss-reactive ketones (excluding diaryl/α,β-unsaturated/α-hetero) is 1. The number of benzene rings is 1. The summed E-state index contributed by atoms with van der Waals surface area (Å²) in [5, 5.41) is 0. The van der Waals surface area contributed by atoms with E-state index in [0.717, 1.165) is 41.8 Å². The van der Waals surface area contributed by atoms with Crippen molar-refractivity contribution in [3.8, 4) is 0 Å². The van der Waals surface area contributed by atoms with Crippen LogP contribution in [0.4, 0.5) is 0 Å².